The molecule has 2 heterocycles. The predicted molar refractivity (Wildman–Crippen MR) is 105 cm³/mol. The van der Waals surface area contributed by atoms with Crippen LogP contribution in [-0.2, 0) is 0 Å². The summed E-state index contributed by atoms with van der Waals surface area (Å²) in [7, 11) is 0. The van der Waals surface area contributed by atoms with Gasteiger partial charge in [-0.2, -0.15) is 5.10 Å². The molecule has 2 aromatic heterocycles. The van der Waals surface area contributed by atoms with Crippen molar-refractivity contribution in [1.29, 1.82) is 0 Å². The summed E-state index contributed by atoms with van der Waals surface area (Å²) < 4.78 is 6.97. The second-order valence-corrected chi connectivity index (χ2v) is 6.68. The molecule has 0 spiro atoms. The number of hydrogen-bond acceptors (Lipinski definition) is 6. The largest absolute Gasteiger partial charge is 0.423 e. The smallest absolute Gasteiger partial charge is 0.343 e. The molecule has 0 aliphatic carbocycles. The number of rotatable bonds is 5. The van der Waals surface area contributed by atoms with Crippen LogP contribution < -0.4 is 10.1 Å². The maximum absolute atomic E-state index is 12.3. The molecule has 0 aliphatic rings. The molecule has 28 heavy (non-hydrogen) atoms. The Balaban J connectivity index is 1.38. The molecule has 0 saturated heterocycles. The highest BCUT2D eigenvalue weighted by Gasteiger charge is 2.10. The van der Waals surface area contributed by atoms with Crippen LogP contribution in [0.3, 0.4) is 0 Å². The van der Waals surface area contributed by atoms with Crippen LogP contribution in [0.5, 0.6) is 5.75 Å². The Morgan fingerprint density at radius 2 is 1.79 bits per heavy atom. The summed E-state index contributed by atoms with van der Waals surface area (Å²) >= 11 is 1.37. The van der Waals surface area contributed by atoms with Gasteiger partial charge in [0, 0.05) is 5.69 Å². The topological polar surface area (TPSA) is 86.1 Å². The Bertz CT molecular complexity index is 1070. The first kappa shape index (κ1) is 17.6. The van der Waals surface area contributed by atoms with E-state index in [0.717, 1.165) is 5.69 Å². The van der Waals surface area contributed by atoms with Gasteiger partial charge in [0.15, 0.2) is 0 Å². The average Bonchev–Trinajstić information content (AvgIpc) is 3.44. The van der Waals surface area contributed by atoms with E-state index in [1.165, 1.54) is 17.7 Å². The van der Waals surface area contributed by atoms with Crippen LogP contribution in [0.1, 0.15) is 20.0 Å². The minimum Gasteiger partial charge on any atom is -0.423 e. The lowest BCUT2D eigenvalue weighted by atomic mass is 10.2. The Morgan fingerprint density at radius 3 is 2.43 bits per heavy atom. The molecule has 1 N–H and O–H groups in total. The summed E-state index contributed by atoms with van der Waals surface area (Å²) in [5.74, 6) is -0.257. The number of nitrogens with zero attached hydrogens (tertiary/aromatic N) is 3. The van der Waals surface area contributed by atoms with Crippen LogP contribution in [0.25, 0.3) is 5.69 Å². The van der Waals surface area contributed by atoms with Crippen molar-refractivity contribution >= 4 is 28.9 Å². The highest BCUT2D eigenvalue weighted by molar-refractivity contribution is 7.12. The van der Waals surface area contributed by atoms with Crippen LogP contribution >= 0.6 is 11.3 Å². The number of aromatic nitrogens is 3. The molecule has 138 valence electrons. The van der Waals surface area contributed by atoms with Crippen LogP contribution in [-0.4, -0.2) is 26.6 Å². The molecule has 0 bridgehead atoms. The van der Waals surface area contributed by atoms with Gasteiger partial charge in [-0.1, -0.05) is 6.07 Å². The van der Waals surface area contributed by atoms with Gasteiger partial charge in [0.25, 0.3) is 5.91 Å². The Labute approximate surface area is 164 Å². The first-order valence-corrected chi connectivity index (χ1v) is 9.19. The van der Waals surface area contributed by atoms with E-state index in [-0.39, 0.29) is 5.91 Å². The second-order valence-electron chi connectivity index (χ2n) is 5.73. The van der Waals surface area contributed by atoms with Crippen molar-refractivity contribution in [3.63, 3.8) is 0 Å². The van der Waals surface area contributed by atoms with E-state index in [1.807, 2.05) is 11.4 Å². The lowest BCUT2D eigenvalue weighted by Crippen LogP contribution is -2.11. The lowest BCUT2D eigenvalue weighted by Gasteiger charge is -2.07. The fraction of sp³-hybridized carbons (Fsp3) is 0. The minimum absolute atomic E-state index is 0.174. The van der Waals surface area contributed by atoms with Gasteiger partial charge in [0.2, 0.25) is 0 Å². The lowest BCUT2D eigenvalue weighted by molar-refractivity contribution is 0.0734. The molecule has 0 unspecified atom stereocenters. The number of carbonyl (C=O) groups excluding carboxylic acids is 2. The predicted octanol–water partition coefficient (Wildman–Crippen LogP) is 3.80. The van der Waals surface area contributed by atoms with Gasteiger partial charge in [0.1, 0.15) is 18.4 Å². The molecule has 4 rings (SSSR count). The van der Waals surface area contributed by atoms with Gasteiger partial charge in [-0.25, -0.2) is 14.5 Å². The molecule has 0 atom stereocenters. The van der Waals surface area contributed by atoms with E-state index in [9.17, 15) is 9.59 Å². The van der Waals surface area contributed by atoms with Crippen molar-refractivity contribution in [2.75, 3.05) is 5.32 Å². The van der Waals surface area contributed by atoms with E-state index in [0.29, 0.717) is 21.9 Å². The van der Waals surface area contributed by atoms with E-state index in [4.69, 9.17) is 4.74 Å². The third-order valence-corrected chi connectivity index (χ3v) is 4.72. The number of benzene rings is 2. The summed E-state index contributed by atoms with van der Waals surface area (Å²) in [5.41, 5.74) is 1.83. The molecule has 4 aromatic rings. The normalized spacial score (nSPS) is 10.4. The Hall–Kier alpha value is -3.78. The number of carbonyl (C=O) groups is 2. The summed E-state index contributed by atoms with van der Waals surface area (Å²) in [5, 5.41) is 8.67. The number of esters is 1. The number of amides is 1. The van der Waals surface area contributed by atoms with Crippen LogP contribution in [0.2, 0.25) is 0 Å². The van der Waals surface area contributed by atoms with E-state index in [1.54, 1.807) is 65.6 Å². The maximum atomic E-state index is 12.3. The Kier molecular flexibility index (Phi) is 4.94. The van der Waals surface area contributed by atoms with Crippen LogP contribution in [0.4, 0.5) is 5.69 Å². The molecule has 0 saturated carbocycles. The summed E-state index contributed by atoms with van der Waals surface area (Å²) in [6.45, 7) is 0. The van der Waals surface area contributed by atoms with E-state index in [2.05, 4.69) is 15.4 Å². The quantitative estimate of drug-likeness (QED) is 0.414. The fourth-order valence-electron chi connectivity index (χ4n) is 2.46. The van der Waals surface area contributed by atoms with Gasteiger partial charge >= 0.3 is 5.97 Å². The van der Waals surface area contributed by atoms with Crippen LogP contribution in [0, 0.1) is 0 Å². The Morgan fingerprint density at radius 1 is 1.00 bits per heavy atom. The molecule has 2 aromatic carbocycles. The number of nitrogens with one attached hydrogen (secondary N) is 1. The van der Waals surface area contributed by atoms with Crippen molar-refractivity contribution in [3.05, 3.63) is 89.1 Å². The third-order valence-electron chi connectivity index (χ3n) is 3.85. The maximum Gasteiger partial charge on any atom is 0.343 e. The zero-order chi connectivity index (χ0) is 19.3. The number of hydrogen-bond donors (Lipinski definition) is 1. The summed E-state index contributed by atoms with van der Waals surface area (Å²) in [4.78, 5) is 28.9. The molecular formula is C20H14N4O3S. The first-order chi connectivity index (χ1) is 13.7. The van der Waals surface area contributed by atoms with Gasteiger partial charge in [-0.3, -0.25) is 4.79 Å². The minimum atomic E-state index is -0.472. The van der Waals surface area contributed by atoms with Gasteiger partial charge in [-0.05, 0) is 60.0 Å². The molecular weight excluding hydrogens is 376 g/mol. The van der Waals surface area contributed by atoms with Crippen molar-refractivity contribution in [2.45, 2.75) is 0 Å². The van der Waals surface area contributed by atoms with E-state index >= 15 is 0 Å². The highest BCUT2D eigenvalue weighted by Crippen LogP contribution is 2.19. The SMILES string of the molecule is O=C(Oc1ccc(NC(=O)c2cccs2)cc1)c1ccc(-n2cncn2)cc1. The van der Waals surface area contributed by atoms with Crippen molar-refractivity contribution in [3.8, 4) is 11.4 Å². The second kappa shape index (κ2) is 7.85. The third kappa shape index (κ3) is 3.97. The molecule has 8 heteroatoms. The zero-order valence-corrected chi connectivity index (χ0v) is 15.3. The monoisotopic (exact) mass is 390 g/mol. The average molecular weight is 390 g/mol. The fourth-order valence-corrected chi connectivity index (χ4v) is 3.08. The number of thiophene rings is 1. The van der Waals surface area contributed by atoms with Gasteiger partial charge in [-0.15, -0.1) is 11.3 Å². The number of anilines is 1. The first-order valence-electron chi connectivity index (χ1n) is 8.31. The summed E-state index contributed by atoms with van der Waals surface area (Å²) in [6.07, 6.45) is 3.01. The molecule has 0 fully saturated rings. The zero-order valence-electron chi connectivity index (χ0n) is 14.5. The highest BCUT2D eigenvalue weighted by atomic mass is 32.1. The molecule has 1 amide bonds. The standard InChI is InChI=1S/C20H14N4O3S/c25-19(18-2-1-11-28-18)23-15-5-9-17(10-6-15)27-20(26)14-3-7-16(8-4-14)24-13-21-12-22-24/h1-13H,(H,23,25). The van der Waals surface area contributed by atoms with Crippen molar-refractivity contribution in [1.82, 2.24) is 14.8 Å². The van der Waals surface area contributed by atoms with Crippen LogP contribution in [0.15, 0.2) is 78.7 Å². The number of ether oxygens (including phenoxy) is 1. The summed E-state index contributed by atoms with van der Waals surface area (Å²) in [6, 6.07) is 17.0. The van der Waals surface area contributed by atoms with Crippen molar-refractivity contribution < 1.29 is 14.3 Å². The molecule has 0 aliphatic heterocycles. The van der Waals surface area contributed by atoms with Gasteiger partial charge in [0.05, 0.1) is 16.1 Å². The van der Waals surface area contributed by atoms with Crippen molar-refractivity contribution in [2.24, 2.45) is 0 Å². The van der Waals surface area contributed by atoms with E-state index < -0.39 is 5.97 Å². The molecule has 0 radical (unpaired) electrons. The van der Waals surface area contributed by atoms with Gasteiger partial charge < -0.3 is 10.1 Å². The molecule has 7 nitrogen and oxygen atoms in total.